The number of thioether (sulfide) groups is 1. The van der Waals surface area contributed by atoms with Crippen molar-refractivity contribution in [3.05, 3.63) is 66.5 Å². The molecule has 27 heavy (non-hydrogen) atoms. The highest BCUT2D eigenvalue weighted by molar-refractivity contribution is 7.99. The van der Waals surface area contributed by atoms with E-state index in [0.29, 0.717) is 12.2 Å². The van der Waals surface area contributed by atoms with E-state index in [0.717, 1.165) is 27.5 Å². The maximum atomic E-state index is 14.6. The molecule has 0 aliphatic heterocycles. The first-order valence-corrected chi connectivity index (χ1v) is 9.52. The highest BCUT2D eigenvalue weighted by Crippen LogP contribution is 2.35. The zero-order chi connectivity index (χ0) is 20.0. The summed E-state index contributed by atoms with van der Waals surface area (Å²) >= 11 is 1.63. The van der Waals surface area contributed by atoms with Crippen molar-refractivity contribution in [2.45, 2.75) is 25.7 Å². The van der Waals surface area contributed by atoms with Crippen LogP contribution in [-0.4, -0.2) is 18.3 Å². The molecule has 0 saturated heterocycles. The van der Waals surface area contributed by atoms with E-state index in [4.69, 9.17) is 9.47 Å². The van der Waals surface area contributed by atoms with Gasteiger partial charge in [-0.2, -0.15) is 0 Å². The van der Waals surface area contributed by atoms with Crippen LogP contribution < -0.4 is 9.47 Å². The molecular formula is C22H23FO3S. The molecule has 5 heteroatoms. The molecule has 2 aromatic carbocycles. The molecule has 0 heterocycles. The third-order valence-electron chi connectivity index (χ3n) is 3.53. The van der Waals surface area contributed by atoms with E-state index in [1.807, 2.05) is 32.0 Å². The fraction of sp³-hybridized carbons (Fsp3) is 0.227. The lowest BCUT2D eigenvalue weighted by Gasteiger charge is -2.13. The standard InChI is InChI=1S/C22H23FO3S/c1-6-27-21-11-16(7-10-20(21)25-13-14(2)3)18-9-8-17(12-19(18)23)26-22(24)15(4)5/h7-12H,2,4,6,13H2,1,3,5H3. The van der Waals surface area contributed by atoms with Crippen LogP contribution in [0, 0.1) is 5.82 Å². The van der Waals surface area contributed by atoms with E-state index in [2.05, 4.69) is 13.2 Å². The van der Waals surface area contributed by atoms with Gasteiger partial charge in [0, 0.05) is 22.1 Å². The van der Waals surface area contributed by atoms with E-state index in [1.54, 1.807) is 23.9 Å². The van der Waals surface area contributed by atoms with Crippen LogP contribution in [0.3, 0.4) is 0 Å². The summed E-state index contributed by atoms with van der Waals surface area (Å²) < 4.78 is 25.4. The molecule has 0 fully saturated rings. The van der Waals surface area contributed by atoms with Crippen LogP contribution in [-0.2, 0) is 4.79 Å². The van der Waals surface area contributed by atoms with Crippen molar-refractivity contribution in [2.24, 2.45) is 0 Å². The number of rotatable bonds is 8. The second kappa shape index (κ2) is 9.42. The van der Waals surface area contributed by atoms with Crippen molar-refractivity contribution in [3.8, 4) is 22.6 Å². The molecule has 142 valence electrons. The molecule has 2 aromatic rings. The van der Waals surface area contributed by atoms with Gasteiger partial charge in [-0.3, -0.25) is 0 Å². The Kier molecular flexibility index (Phi) is 7.25. The lowest BCUT2D eigenvalue weighted by Crippen LogP contribution is -2.08. The number of esters is 1. The van der Waals surface area contributed by atoms with Crippen LogP contribution in [0.1, 0.15) is 20.8 Å². The number of benzene rings is 2. The van der Waals surface area contributed by atoms with Crippen molar-refractivity contribution in [2.75, 3.05) is 12.4 Å². The predicted molar refractivity (Wildman–Crippen MR) is 109 cm³/mol. The smallest absolute Gasteiger partial charge is 0.338 e. The van der Waals surface area contributed by atoms with Crippen LogP contribution in [0.4, 0.5) is 4.39 Å². The predicted octanol–water partition coefficient (Wildman–Crippen LogP) is 6.04. The maximum absolute atomic E-state index is 14.6. The van der Waals surface area contributed by atoms with E-state index in [1.165, 1.54) is 13.0 Å². The van der Waals surface area contributed by atoms with Gasteiger partial charge >= 0.3 is 5.97 Å². The molecule has 0 atom stereocenters. The molecule has 0 aliphatic carbocycles. The topological polar surface area (TPSA) is 35.5 Å². The van der Waals surface area contributed by atoms with Crippen LogP contribution >= 0.6 is 11.8 Å². The quantitative estimate of drug-likeness (QED) is 0.182. The Labute approximate surface area is 163 Å². The Hall–Kier alpha value is -2.53. The number of hydrogen-bond donors (Lipinski definition) is 0. The molecular weight excluding hydrogens is 363 g/mol. The van der Waals surface area contributed by atoms with Crippen molar-refractivity contribution in [3.63, 3.8) is 0 Å². The fourth-order valence-corrected chi connectivity index (χ4v) is 3.04. The Morgan fingerprint density at radius 3 is 2.48 bits per heavy atom. The van der Waals surface area contributed by atoms with E-state index in [-0.39, 0.29) is 11.3 Å². The molecule has 0 N–H and O–H groups in total. The van der Waals surface area contributed by atoms with Gasteiger partial charge < -0.3 is 9.47 Å². The fourth-order valence-electron chi connectivity index (χ4n) is 2.25. The normalized spacial score (nSPS) is 10.4. The lowest BCUT2D eigenvalue weighted by atomic mass is 10.0. The van der Waals surface area contributed by atoms with Crippen molar-refractivity contribution < 1.29 is 18.7 Å². The molecule has 0 radical (unpaired) electrons. The number of carbonyl (C=O) groups excluding carboxylic acids is 1. The number of ether oxygens (including phenoxy) is 2. The molecule has 0 spiro atoms. The van der Waals surface area contributed by atoms with Crippen molar-refractivity contribution in [1.82, 2.24) is 0 Å². The van der Waals surface area contributed by atoms with E-state index >= 15 is 0 Å². The van der Waals surface area contributed by atoms with Crippen LogP contribution in [0.5, 0.6) is 11.5 Å². The van der Waals surface area contributed by atoms with Crippen LogP contribution in [0.2, 0.25) is 0 Å². The minimum Gasteiger partial charge on any atom is -0.488 e. The molecule has 0 bridgehead atoms. The zero-order valence-corrected chi connectivity index (χ0v) is 16.6. The van der Waals surface area contributed by atoms with Crippen LogP contribution in [0.25, 0.3) is 11.1 Å². The van der Waals surface area contributed by atoms with E-state index < -0.39 is 11.8 Å². The van der Waals surface area contributed by atoms with Crippen molar-refractivity contribution in [1.29, 1.82) is 0 Å². The number of halogens is 1. The molecule has 0 saturated carbocycles. The van der Waals surface area contributed by atoms with Gasteiger partial charge in [0.05, 0.1) is 0 Å². The van der Waals surface area contributed by atoms with Gasteiger partial charge in [0.1, 0.15) is 23.9 Å². The third kappa shape index (κ3) is 5.73. The van der Waals surface area contributed by atoms with Gasteiger partial charge in [0.15, 0.2) is 0 Å². The van der Waals surface area contributed by atoms with Gasteiger partial charge in [-0.25, -0.2) is 9.18 Å². The second-order valence-electron chi connectivity index (χ2n) is 6.15. The van der Waals surface area contributed by atoms with Gasteiger partial charge in [0.2, 0.25) is 0 Å². The summed E-state index contributed by atoms with van der Waals surface area (Å²) in [5.74, 6) is 0.716. The maximum Gasteiger partial charge on any atom is 0.338 e. The van der Waals surface area contributed by atoms with Crippen molar-refractivity contribution >= 4 is 17.7 Å². The molecule has 0 unspecified atom stereocenters. The minimum atomic E-state index is -0.581. The Morgan fingerprint density at radius 2 is 1.89 bits per heavy atom. The largest absolute Gasteiger partial charge is 0.488 e. The summed E-state index contributed by atoms with van der Waals surface area (Å²) in [5, 5.41) is 0. The first-order chi connectivity index (χ1) is 12.8. The zero-order valence-electron chi connectivity index (χ0n) is 15.8. The summed E-state index contributed by atoms with van der Waals surface area (Å²) in [6.07, 6.45) is 0. The second-order valence-corrected chi connectivity index (χ2v) is 7.46. The summed E-state index contributed by atoms with van der Waals surface area (Å²) in [4.78, 5) is 12.5. The summed E-state index contributed by atoms with van der Waals surface area (Å²) in [6.45, 7) is 13.3. The third-order valence-corrected chi connectivity index (χ3v) is 4.45. The SMILES string of the molecule is C=C(C)COc1ccc(-c2ccc(OC(=O)C(=C)C)cc2F)cc1SCC. The molecule has 0 aliphatic rings. The number of carbonyl (C=O) groups is 1. The van der Waals surface area contributed by atoms with Crippen LogP contribution in [0.15, 0.2) is 65.6 Å². The van der Waals surface area contributed by atoms with E-state index in [9.17, 15) is 9.18 Å². The van der Waals surface area contributed by atoms with Gasteiger partial charge in [0.25, 0.3) is 0 Å². The van der Waals surface area contributed by atoms with Gasteiger partial charge in [-0.05, 0) is 55.0 Å². The molecule has 0 aromatic heterocycles. The Morgan fingerprint density at radius 1 is 1.15 bits per heavy atom. The summed E-state index contributed by atoms with van der Waals surface area (Å²) in [6, 6.07) is 9.92. The van der Waals surface area contributed by atoms with Gasteiger partial charge in [-0.15, -0.1) is 11.8 Å². The highest BCUT2D eigenvalue weighted by Gasteiger charge is 2.13. The number of hydrogen-bond acceptors (Lipinski definition) is 4. The first-order valence-electron chi connectivity index (χ1n) is 8.53. The molecule has 0 amide bonds. The minimum absolute atomic E-state index is 0.147. The average Bonchev–Trinajstić information content (AvgIpc) is 2.61. The average molecular weight is 386 g/mol. The highest BCUT2D eigenvalue weighted by atomic mass is 32.2. The Bertz CT molecular complexity index is 874. The lowest BCUT2D eigenvalue weighted by molar-refractivity contribution is -0.130. The summed E-state index contributed by atoms with van der Waals surface area (Å²) in [5.41, 5.74) is 2.34. The molecule has 2 rings (SSSR count). The molecule has 3 nitrogen and oxygen atoms in total. The summed E-state index contributed by atoms with van der Waals surface area (Å²) in [7, 11) is 0. The monoisotopic (exact) mass is 386 g/mol. The first kappa shape index (κ1) is 20.8. The Balaban J connectivity index is 2.31. The van der Waals surface area contributed by atoms with Gasteiger partial charge in [-0.1, -0.05) is 26.1 Å².